The molecule has 1 aromatic carbocycles. The molecule has 0 aromatic heterocycles. The van der Waals surface area contributed by atoms with Crippen molar-refractivity contribution in [2.75, 3.05) is 6.54 Å². The van der Waals surface area contributed by atoms with Crippen LogP contribution in [0.4, 0.5) is 0 Å². The predicted molar refractivity (Wildman–Crippen MR) is 103 cm³/mol. The average Bonchev–Trinajstić information content (AvgIpc) is 2.62. The quantitative estimate of drug-likeness (QED) is 0.901. The Bertz CT molecular complexity index is 696. The zero-order valence-corrected chi connectivity index (χ0v) is 16.0. The fourth-order valence-electron chi connectivity index (χ4n) is 3.85. The van der Waals surface area contributed by atoms with E-state index in [4.69, 9.17) is 0 Å². The molecule has 3 rings (SSSR count). The van der Waals surface area contributed by atoms with Crippen molar-refractivity contribution in [3.05, 3.63) is 35.4 Å². The number of nitrogens with one attached hydrogen (secondary N) is 1. The number of hydrogen-bond acceptors (Lipinski definition) is 3. The Morgan fingerprint density at radius 2 is 1.92 bits per heavy atom. The summed E-state index contributed by atoms with van der Waals surface area (Å²) in [4.78, 5) is 24.7. The molecule has 0 spiro atoms. The van der Waals surface area contributed by atoms with Crippen LogP contribution in [0.5, 0.6) is 0 Å². The lowest BCUT2D eigenvalue weighted by atomic mass is 9.78. The fourth-order valence-corrected chi connectivity index (χ4v) is 3.85. The van der Waals surface area contributed by atoms with Crippen molar-refractivity contribution in [1.29, 1.82) is 0 Å². The lowest BCUT2D eigenvalue weighted by Crippen LogP contribution is -2.48. The third kappa shape index (κ3) is 4.32. The number of amides is 2. The summed E-state index contributed by atoms with van der Waals surface area (Å²) in [5.41, 5.74) is 3.08. The lowest BCUT2D eigenvalue weighted by molar-refractivity contribution is -0.137. The maximum Gasteiger partial charge on any atom is 0.243 e. The second-order valence-electron chi connectivity index (χ2n) is 7.81. The van der Waals surface area contributed by atoms with Gasteiger partial charge in [0.25, 0.3) is 0 Å². The van der Waals surface area contributed by atoms with Gasteiger partial charge in [0.05, 0.1) is 5.71 Å². The van der Waals surface area contributed by atoms with Gasteiger partial charge in [-0.25, -0.2) is 5.01 Å². The third-order valence-electron chi connectivity index (χ3n) is 5.84. The van der Waals surface area contributed by atoms with Gasteiger partial charge in [0.15, 0.2) is 0 Å². The summed E-state index contributed by atoms with van der Waals surface area (Å²) < 4.78 is 0. The van der Waals surface area contributed by atoms with Crippen molar-refractivity contribution in [1.82, 2.24) is 10.3 Å². The summed E-state index contributed by atoms with van der Waals surface area (Å²) >= 11 is 0. The normalized spacial score (nSPS) is 26.4. The number of carbonyl (C=O) groups is 2. The highest BCUT2D eigenvalue weighted by atomic mass is 16.2. The van der Waals surface area contributed by atoms with Gasteiger partial charge in [-0.1, -0.05) is 56.5 Å². The largest absolute Gasteiger partial charge is 0.351 e. The molecule has 0 unspecified atom stereocenters. The minimum Gasteiger partial charge on any atom is -0.351 e. The summed E-state index contributed by atoms with van der Waals surface area (Å²) in [6, 6.07) is 8.32. The minimum atomic E-state index is -0.113. The molecule has 1 fully saturated rings. The molecule has 1 aromatic rings. The van der Waals surface area contributed by atoms with Gasteiger partial charge in [-0.15, -0.1) is 0 Å². The summed E-state index contributed by atoms with van der Waals surface area (Å²) in [6.45, 7) is 6.50. The van der Waals surface area contributed by atoms with E-state index in [0.29, 0.717) is 24.7 Å². The SMILES string of the molecule is Cc1ccc(C2=NN(CC(=O)N[C@@H]3CCC[C@H](C)[C@H]3C)C(=O)CC2)cc1. The Kier molecular flexibility index (Phi) is 5.74. The van der Waals surface area contributed by atoms with E-state index in [9.17, 15) is 9.59 Å². The van der Waals surface area contributed by atoms with Crippen LogP contribution in [0.15, 0.2) is 29.4 Å². The summed E-state index contributed by atoms with van der Waals surface area (Å²) in [6.07, 6.45) is 4.41. The smallest absolute Gasteiger partial charge is 0.243 e. The van der Waals surface area contributed by atoms with E-state index >= 15 is 0 Å². The van der Waals surface area contributed by atoms with Crippen LogP contribution < -0.4 is 5.32 Å². The van der Waals surface area contributed by atoms with Gasteiger partial charge in [-0.05, 0) is 30.7 Å². The fraction of sp³-hybridized carbons (Fsp3) is 0.571. The Morgan fingerprint density at radius 1 is 1.19 bits per heavy atom. The highest BCUT2D eigenvalue weighted by Crippen LogP contribution is 2.29. The van der Waals surface area contributed by atoms with Gasteiger partial charge in [-0.3, -0.25) is 9.59 Å². The van der Waals surface area contributed by atoms with Crippen molar-refractivity contribution in [3.8, 4) is 0 Å². The number of benzene rings is 1. The number of aryl methyl sites for hydroxylation is 1. The average molecular weight is 355 g/mol. The maximum atomic E-state index is 12.5. The van der Waals surface area contributed by atoms with Gasteiger partial charge in [0, 0.05) is 18.9 Å². The lowest BCUT2D eigenvalue weighted by Gasteiger charge is -2.35. The van der Waals surface area contributed by atoms with E-state index in [-0.39, 0.29) is 24.4 Å². The first kappa shape index (κ1) is 18.6. The Morgan fingerprint density at radius 3 is 2.65 bits per heavy atom. The van der Waals surface area contributed by atoms with Crippen molar-refractivity contribution in [2.24, 2.45) is 16.9 Å². The molecule has 1 saturated carbocycles. The third-order valence-corrected chi connectivity index (χ3v) is 5.84. The molecule has 5 heteroatoms. The van der Waals surface area contributed by atoms with E-state index in [0.717, 1.165) is 24.1 Å². The highest BCUT2D eigenvalue weighted by molar-refractivity contribution is 6.04. The number of nitrogens with zero attached hydrogens (tertiary/aromatic N) is 2. The maximum absolute atomic E-state index is 12.5. The molecule has 140 valence electrons. The molecule has 2 amide bonds. The number of hydrazone groups is 1. The van der Waals surface area contributed by atoms with Crippen LogP contribution >= 0.6 is 0 Å². The molecular formula is C21H29N3O2. The molecule has 5 nitrogen and oxygen atoms in total. The van der Waals surface area contributed by atoms with Gasteiger partial charge < -0.3 is 5.32 Å². The molecule has 1 heterocycles. The zero-order valence-electron chi connectivity index (χ0n) is 16.0. The summed E-state index contributed by atoms with van der Waals surface area (Å²) in [5, 5.41) is 8.93. The van der Waals surface area contributed by atoms with E-state index < -0.39 is 0 Å². The van der Waals surface area contributed by atoms with E-state index in [1.165, 1.54) is 17.0 Å². The first-order chi connectivity index (χ1) is 12.4. The molecule has 0 saturated heterocycles. The Hall–Kier alpha value is -2.17. The second-order valence-corrected chi connectivity index (χ2v) is 7.81. The molecule has 1 N–H and O–H groups in total. The molecule has 0 bridgehead atoms. The van der Waals surface area contributed by atoms with Crippen LogP contribution in [0.25, 0.3) is 0 Å². The number of carbonyl (C=O) groups excluding carboxylic acids is 2. The first-order valence-electron chi connectivity index (χ1n) is 9.68. The molecule has 1 aliphatic carbocycles. The van der Waals surface area contributed by atoms with Crippen molar-refractivity contribution < 1.29 is 9.59 Å². The summed E-state index contributed by atoms with van der Waals surface area (Å²) in [7, 11) is 0. The van der Waals surface area contributed by atoms with Gasteiger partial charge in [0.1, 0.15) is 6.54 Å². The number of rotatable bonds is 4. The van der Waals surface area contributed by atoms with Crippen molar-refractivity contribution in [3.63, 3.8) is 0 Å². The number of hydrogen-bond donors (Lipinski definition) is 1. The summed E-state index contributed by atoms with van der Waals surface area (Å²) in [5.74, 6) is 0.896. The standard InChI is InChI=1S/C21H29N3O2/c1-14-7-9-17(10-8-14)19-11-12-21(26)24(23-19)13-20(25)22-18-6-4-5-15(2)16(18)3/h7-10,15-16,18H,4-6,11-13H2,1-3H3,(H,22,25)/t15-,16+,18+/m0/s1. The molecule has 3 atom stereocenters. The van der Waals surface area contributed by atoms with Crippen molar-refractivity contribution >= 4 is 17.5 Å². The first-order valence-corrected chi connectivity index (χ1v) is 9.68. The van der Waals surface area contributed by atoms with Crippen LogP contribution in [-0.4, -0.2) is 35.1 Å². The molecular weight excluding hydrogens is 326 g/mol. The molecule has 0 radical (unpaired) electrons. The highest BCUT2D eigenvalue weighted by Gasteiger charge is 2.29. The van der Waals surface area contributed by atoms with Crippen LogP contribution in [0.1, 0.15) is 57.1 Å². The molecule has 26 heavy (non-hydrogen) atoms. The van der Waals surface area contributed by atoms with Crippen LogP contribution in [0, 0.1) is 18.8 Å². The van der Waals surface area contributed by atoms with E-state index in [1.54, 1.807) is 0 Å². The second kappa shape index (κ2) is 8.02. The van der Waals surface area contributed by atoms with Crippen molar-refractivity contribution in [2.45, 2.75) is 58.9 Å². The Balaban J connectivity index is 1.65. The minimum absolute atomic E-state index is 0.00575. The van der Waals surface area contributed by atoms with E-state index in [1.807, 2.05) is 31.2 Å². The molecule has 1 aliphatic heterocycles. The predicted octanol–water partition coefficient (Wildman–Crippen LogP) is 3.26. The van der Waals surface area contributed by atoms with Gasteiger partial charge >= 0.3 is 0 Å². The van der Waals surface area contributed by atoms with Crippen LogP contribution in [0.3, 0.4) is 0 Å². The Labute approximate surface area is 155 Å². The van der Waals surface area contributed by atoms with Gasteiger partial charge in [-0.2, -0.15) is 5.10 Å². The zero-order chi connectivity index (χ0) is 18.7. The van der Waals surface area contributed by atoms with Gasteiger partial charge in [0.2, 0.25) is 11.8 Å². The van der Waals surface area contributed by atoms with E-state index in [2.05, 4.69) is 24.3 Å². The monoisotopic (exact) mass is 355 g/mol. The molecule has 2 aliphatic rings. The van der Waals surface area contributed by atoms with Crippen LogP contribution in [-0.2, 0) is 9.59 Å². The topological polar surface area (TPSA) is 61.8 Å². The van der Waals surface area contributed by atoms with Crippen LogP contribution in [0.2, 0.25) is 0 Å².